The van der Waals surface area contributed by atoms with Gasteiger partial charge in [-0.15, -0.1) is 0 Å². The standard InChI is InChI=1S/C15H12Cl3N3O/c16-8-1-2-9(11(17)7-8)10-3-4-12(10)21-15(22)13-14(18)20-6-5-19-13/h1-2,5-7,10,12H,3-4H2,(H,21,22)/t10-,12-/m0/s1. The highest BCUT2D eigenvalue weighted by Crippen LogP contribution is 2.41. The molecular formula is C15H12Cl3N3O. The molecule has 4 nitrogen and oxygen atoms in total. The minimum Gasteiger partial charge on any atom is -0.347 e. The van der Waals surface area contributed by atoms with Crippen molar-refractivity contribution in [2.75, 3.05) is 0 Å². The maximum Gasteiger partial charge on any atom is 0.273 e. The van der Waals surface area contributed by atoms with E-state index in [0.717, 1.165) is 18.4 Å². The van der Waals surface area contributed by atoms with Crippen molar-refractivity contribution in [3.63, 3.8) is 0 Å². The molecule has 0 spiro atoms. The van der Waals surface area contributed by atoms with E-state index in [9.17, 15) is 4.79 Å². The van der Waals surface area contributed by atoms with Crippen LogP contribution >= 0.6 is 34.8 Å². The molecule has 2 aromatic rings. The van der Waals surface area contributed by atoms with E-state index in [1.807, 2.05) is 6.07 Å². The summed E-state index contributed by atoms with van der Waals surface area (Å²) in [6.45, 7) is 0. The Balaban J connectivity index is 1.74. The van der Waals surface area contributed by atoms with E-state index < -0.39 is 0 Å². The third-order valence-electron chi connectivity index (χ3n) is 3.82. The van der Waals surface area contributed by atoms with Gasteiger partial charge in [0.2, 0.25) is 0 Å². The fourth-order valence-electron chi connectivity index (χ4n) is 2.56. The summed E-state index contributed by atoms with van der Waals surface area (Å²) in [7, 11) is 0. The Labute approximate surface area is 142 Å². The van der Waals surface area contributed by atoms with E-state index in [1.165, 1.54) is 12.4 Å². The van der Waals surface area contributed by atoms with Gasteiger partial charge in [0, 0.05) is 34.4 Å². The second-order valence-electron chi connectivity index (χ2n) is 5.13. The maximum absolute atomic E-state index is 12.2. The molecule has 1 aromatic carbocycles. The molecule has 2 atom stereocenters. The first kappa shape index (κ1) is 15.5. The predicted octanol–water partition coefficient (Wildman–Crippen LogP) is 4.11. The average molecular weight is 357 g/mol. The number of hydrogen-bond acceptors (Lipinski definition) is 3. The Morgan fingerprint density at radius 1 is 1.14 bits per heavy atom. The van der Waals surface area contributed by atoms with Gasteiger partial charge >= 0.3 is 0 Å². The lowest BCUT2D eigenvalue weighted by molar-refractivity contribution is 0.0899. The zero-order chi connectivity index (χ0) is 15.7. The van der Waals surface area contributed by atoms with Crippen LogP contribution in [0.1, 0.15) is 34.8 Å². The van der Waals surface area contributed by atoms with E-state index >= 15 is 0 Å². The van der Waals surface area contributed by atoms with Crippen LogP contribution in [0.25, 0.3) is 0 Å². The molecule has 1 aliphatic rings. The van der Waals surface area contributed by atoms with Crippen LogP contribution in [0.4, 0.5) is 0 Å². The summed E-state index contributed by atoms with van der Waals surface area (Å²) in [5.41, 5.74) is 1.13. The molecule has 3 rings (SSSR count). The van der Waals surface area contributed by atoms with E-state index in [4.69, 9.17) is 34.8 Å². The van der Waals surface area contributed by atoms with Gasteiger partial charge in [-0.1, -0.05) is 40.9 Å². The largest absolute Gasteiger partial charge is 0.347 e. The molecule has 1 aliphatic carbocycles. The quantitative estimate of drug-likeness (QED) is 0.900. The molecule has 1 aromatic heterocycles. The fraction of sp³-hybridized carbons (Fsp3) is 0.267. The van der Waals surface area contributed by atoms with Crippen molar-refractivity contribution in [2.24, 2.45) is 0 Å². The van der Waals surface area contributed by atoms with E-state index in [0.29, 0.717) is 10.0 Å². The third kappa shape index (κ3) is 3.05. The van der Waals surface area contributed by atoms with Crippen molar-refractivity contribution >= 4 is 40.7 Å². The number of nitrogens with one attached hydrogen (secondary N) is 1. The first-order valence-electron chi connectivity index (χ1n) is 6.78. The zero-order valence-electron chi connectivity index (χ0n) is 11.4. The van der Waals surface area contributed by atoms with E-state index in [-0.39, 0.29) is 28.7 Å². The number of benzene rings is 1. The second-order valence-corrected chi connectivity index (χ2v) is 6.33. The van der Waals surface area contributed by atoms with Gasteiger partial charge in [-0.3, -0.25) is 4.79 Å². The van der Waals surface area contributed by atoms with Crippen LogP contribution in [0.3, 0.4) is 0 Å². The van der Waals surface area contributed by atoms with Crippen LogP contribution in [-0.2, 0) is 0 Å². The van der Waals surface area contributed by atoms with Crippen molar-refractivity contribution in [1.82, 2.24) is 15.3 Å². The number of amides is 1. The van der Waals surface area contributed by atoms with E-state index in [2.05, 4.69) is 15.3 Å². The normalized spacial score (nSPS) is 20.3. The van der Waals surface area contributed by atoms with E-state index in [1.54, 1.807) is 12.1 Å². The molecule has 1 heterocycles. The Hall–Kier alpha value is -1.36. The van der Waals surface area contributed by atoms with Crippen molar-refractivity contribution < 1.29 is 4.79 Å². The Kier molecular flexibility index (Phi) is 4.52. The Morgan fingerprint density at radius 2 is 1.91 bits per heavy atom. The van der Waals surface area contributed by atoms with Gasteiger partial charge in [0.25, 0.3) is 5.91 Å². The minimum atomic E-state index is -0.321. The van der Waals surface area contributed by atoms with Gasteiger partial charge in [0.05, 0.1) is 0 Å². The maximum atomic E-state index is 12.2. The van der Waals surface area contributed by atoms with Crippen LogP contribution in [0, 0.1) is 0 Å². The highest BCUT2D eigenvalue weighted by Gasteiger charge is 2.35. The molecule has 1 fully saturated rings. The summed E-state index contributed by atoms with van der Waals surface area (Å²) in [5, 5.41) is 4.26. The number of rotatable bonds is 3. The predicted molar refractivity (Wildman–Crippen MR) is 86.7 cm³/mol. The average Bonchev–Trinajstić information content (AvgIpc) is 2.46. The van der Waals surface area contributed by atoms with Gasteiger partial charge in [-0.05, 0) is 30.5 Å². The topological polar surface area (TPSA) is 54.9 Å². The highest BCUT2D eigenvalue weighted by atomic mass is 35.5. The summed E-state index contributed by atoms with van der Waals surface area (Å²) in [5.74, 6) is -0.151. The molecule has 0 saturated heterocycles. The highest BCUT2D eigenvalue weighted by molar-refractivity contribution is 6.35. The first-order valence-corrected chi connectivity index (χ1v) is 7.92. The Morgan fingerprint density at radius 3 is 2.55 bits per heavy atom. The number of hydrogen-bond donors (Lipinski definition) is 1. The van der Waals surface area contributed by atoms with Crippen molar-refractivity contribution in [3.8, 4) is 0 Å². The monoisotopic (exact) mass is 355 g/mol. The molecular weight excluding hydrogens is 345 g/mol. The molecule has 1 N–H and O–H groups in total. The molecule has 22 heavy (non-hydrogen) atoms. The van der Waals surface area contributed by atoms with Gasteiger partial charge in [-0.25, -0.2) is 9.97 Å². The molecule has 1 amide bonds. The molecule has 1 saturated carbocycles. The van der Waals surface area contributed by atoms with Crippen molar-refractivity contribution in [2.45, 2.75) is 24.8 Å². The van der Waals surface area contributed by atoms with Crippen LogP contribution in [0.5, 0.6) is 0 Å². The number of aromatic nitrogens is 2. The smallest absolute Gasteiger partial charge is 0.273 e. The number of carbonyl (C=O) groups is 1. The molecule has 0 bridgehead atoms. The molecule has 0 unspecified atom stereocenters. The number of carbonyl (C=O) groups excluding carboxylic acids is 1. The lowest BCUT2D eigenvalue weighted by atomic mass is 9.75. The van der Waals surface area contributed by atoms with Crippen LogP contribution in [0.15, 0.2) is 30.6 Å². The van der Waals surface area contributed by atoms with Gasteiger partial charge in [0.1, 0.15) is 0 Å². The second kappa shape index (κ2) is 6.41. The lowest BCUT2D eigenvalue weighted by Gasteiger charge is -2.38. The van der Waals surface area contributed by atoms with Gasteiger partial charge < -0.3 is 5.32 Å². The summed E-state index contributed by atoms with van der Waals surface area (Å²) in [6, 6.07) is 5.43. The van der Waals surface area contributed by atoms with Crippen LogP contribution in [-0.4, -0.2) is 21.9 Å². The number of halogens is 3. The number of nitrogens with zero attached hydrogens (tertiary/aromatic N) is 2. The summed E-state index contributed by atoms with van der Waals surface area (Å²) >= 11 is 18.0. The molecule has 7 heteroatoms. The lowest BCUT2D eigenvalue weighted by Crippen LogP contribution is -2.45. The molecule has 114 valence electrons. The van der Waals surface area contributed by atoms with Crippen LogP contribution < -0.4 is 5.32 Å². The summed E-state index contributed by atoms with van der Waals surface area (Å²) in [6.07, 6.45) is 4.72. The van der Waals surface area contributed by atoms with Crippen molar-refractivity contribution in [3.05, 3.63) is 57.0 Å². The van der Waals surface area contributed by atoms with Crippen LogP contribution in [0.2, 0.25) is 15.2 Å². The van der Waals surface area contributed by atoms with Crippen molar-refractivity contribution in [1.29, 1.82) is 0 Å². The minimum absolute atomic E-state index is 0.00393. The Bertz CT molecular complexity index is 723. The summed E-state index contributed by atoms with van der Waals surface area (Å²) < 4.78 is 0. The molecule has 0 aliphatic heterocycles. The first-order chi connectivity index (χ1) is 10.6. The summed E-state index contributed by atoms with van der Waals surface area (Å²) in [4.78, 5) is 20.1. The van der Waals surface area contributed by atoms with Gasteiger partial charge in [-0.2, -0.15) is 0 Å². The molecule has 0 radical (unpaired) electrons. The zero-order valence-corrected chi connectivity index (χ0v) is 13.7. The SMILES string of the molecule is O=C(N[C@H]1CC[C@H]1c1ccc(Cl)cc1Cl)c1nccnc1Cl. The fourth-order valence-corrected chi connectivity index (χ4v) is 3.30. The van der Waals surface area contributed by atoms with Gasteiger partial charge in [0.15, 0.2) is 10.8 Å². The third-order valence-corrected chi connectivity index (χ3v) is 4.66.